The molecule has 0 fully saturated rings. The molecule has 0 aliphatic carbocycles. The van der Waals surface area contributed by atoms with Crippen molar-refractivity contribution in [3.8, 4) is 5.75 Å². The molecule has 17 heavy (non-hydrogen) atoms. The Kier molecular flexibility index (Phi) is 4.37. The average Bonchev–Trinajstić information content (AvgIpc) is 2.30. The summed E-state index contributed by atoms with van der Waals surface area (Å²) in [4.78, 5) is 11.2. The Morgan fingerprint density at radius 1 is 1.59 bits per heavy atom. The van der Waals surface area contributed by atoms with E-state index in [1.165, 1.54) is 7.11 Å². The number of rotatable bonds is 3. The zero-order valence-electron chi connectivity index (χ0n) is 10.1. The number of methoxy groups -OCH3 is 1. The molecule has 0 aromatic heterocycles. The minimum Gasteiger partial charge on any atom is -0.507 e. The van der Waals surface area contributed by atoms with Crippen LogP contribution in [0.4, 0.5) is 0 Å². The molecule has 0 spiro atoms. The molecule has 0 amide bonds. The molecule has 1 atom stereocenters. The highest BCUT2D eigenvalue weighted by Crippen LogP contribution is 2.31. The number of benzene rings is 1. The lowest BCUT2D eigenvalue weighted by Crippen LogP contribution is -2.33. The van der Waals surface area contributed by atoms with Gasteiger partial charge in [0.2, 0.25) is 0 Å². The lowest BCUT2D eigenvalue weighted by Gasteiger charge is -2.15. The second-order valence-electron chi connectivity index (χ2n) is 3.96. The molecule has 0 radical (unpaired) electrons. The van der Waals surface area contributed by atoms with Crippen LogP contribution >= 0.6 is 11.6 Å². The molecule has 1 unspecified atom stereocenters. The minimum absolute atomic E-state index is 0.131. The van der Waals surface area contributed by atoms with Crippen molar-refractivity contribution in [3.63, 3.8) is 0 Å². The van der Waals surface area contributed by atoms with Crippen molar-refractivity contribution >= 4 is 17.6 Å². The molecule has 0 saturated carbocycles. The number of esters is 1. The van der Waals surface area contributed by atoms with Gasteiger partial charge in [0.15, 0.2) is 0 Å². The zero-order valence-corrected chi connectivity index (χ0v) is 10.8. The summed E-state index contributed by atoms with van der Waals surface area (Å²) in [5, 5.41) is 10.5. The Labute approximate surface area is 105 Å². The standard InChI is InChI=1S/C12H16ClNO3/c1-6-4-9(13)7(2)8(11(6)15)5-10(14)12(16)17-3/h4,10,15H,5,14H2,1-3H3. The third kappa shape index (κ3) is 2.90. The first-order chi connectivity index (χ1) is 7.88. The summed E-state index contributed by atoms with van der Waals surface area (Å²) in [5.41, 5.74) is 7.65. The van der Waals surface area contributed by atoms with Gasteiger partial charge in [-0.2, -0.15) is 0 Å². The molecule has 1 aromatic carbocycles. The number of hydrogen-bond donors (Lipinski definition) is 2. The lowest BCUT2D eigenvalue weighted by atomic mass is 9.97. The van der Waals surface area contributed by atoms with Gasteiger partial charge in [-0.05, 0) is 31.0 Å². The van der Waals surface area contributed by atoms with Gasteiger partial charge in [-0.1, -0.05) is 11.6 Å². The average molecular weight is 258 g/mol. The van der Waals surface area contributed by atoms with Crippen LogP contribution in [0.1, 0.15) is 16.7 Å². The van der Waals surface area contributed by atoms with Crippen molar-refractivity contribution in [2.24, 2.45) is 5.73 Å². The van der Waals surface area contributed by atoms with Crippen molar-refractivity contribution in [3.05, 3.63) is 27.8 Å². The van der Waals surface area contributed by atoms with E-state index in [9.17, 15) is 9.90 Å². The Bertz CT molecular complexity index is 420. The van der Waals surface area contributed by atoms with Crippen molar-refractivity contribution in [1.82, 2.24) is 0 Å². The van der Waals surface area contributed by atoms with Gasteiger partial charge in [0.1, 0.15) is 11.8 Å². The zero-order chi connectivity index (χ0) is 13.2. The van der Waals surface area contributed by atoms with E-state index in [2.05, 4.69) is 4.74 Å². The predicted molar refractivity (Wildman–Crippen MR) is 66.3 cm³/mol. The maximum absolute atomic E-state index is 11.2. The fraction of sp³-hybridized carbons (Fsp3) is 0.417. The van der Waals surface area contributed by atoms with Gasteiger partial charge in [0, 0.05) is 17.0 Å². The smallest absolute Gasteiger partial charge is 0.322 e. The number of hydrogen-bond acceptors (Lipinski definition) is 4. The van der Waals surface area contributed by atoms with Gasteiger partial charge in [0.25, 0.3) is 0 Å². The molecule has 5 heteroatoms. The van der Waals surface area contributed by atoms with E-state index in [0.29, 0.717) is 16.1 Å². The molecule has 0 aliphatic rings. The number of aryl methyl sites for hydroxylation is 1. The van der Waals surface area contributed by atoms with Gasteiger partial charge in [-0.3, -0.25) is 4.79 Å². The van der Waals surface area contributed by atoms with E-state index in [0.717, 1.165) is 5.56 Å². The number of phenolic OH excluding ortho intramolecular Hbond substituents is 1. The molecule has 0 heterocycles. The van der Waals surface area contributed by atoms with Gasteiger partial charge < -0.3 is 15.6 Å². The van der Waals surface area contributed by atoms with Crippen LogP contribution in [0.25, 0.3) is 0 Å². The van der Waals surface area contributed by atoms with Crippen LogP contribution in [0.5, 0.6) is 5.75 Å². The van der Waals surface area contributed by atoms with Crippen LogP contribution in [0, 0.1) is 13.8 Å². The van der Waals surface area contributed by atoms with E-state index >= 15 is 0 Å². The number of nitrogens with two attached hydrogens (primary N) is 1. The Morgan fingerprint density at radius 2 is 2.18 bits per heavy atom. The minimum atomic E-state index is -0.803. The molecule has 1 rings (SSSR count). The molecule has 3 N–H and O–H groups in total. The molecule has 0 aliphatic heterocycles. The highest BCUT2D eigenvalue weighted by Gasteiger charge is 2.19. The molecule has 0 saturated heterocycles. The molecule has 94 valence electrons. The number of carbonyl (C=O) groups is 1. The Balaban J connectivity index is 3.10. The highest BCUT2D eigenvalue weighted by atomic mass is 35.5. The van der Waals surface area contributed by atoms with E-state index < -0.39 is 12.0 Å². The molecule has 0 bridgehead atoms. The molecular formula is C12H16ClNO3. The topological polar surface area (TPSA) is 72.5 Å². The first-order valence-electron chi connectivity index (χ1n) is 5.19. The van der Waals surface area contributed by atoms with Gasteiger partial charge in [0.05, 0.1) is 7.11 Å². The highest BCUT2D eigenvalue weighted by molar-refractivity contribution is 6.31. The molecule has 1 aromatic rings. The van der Waals surface area contributed by atoms with E-state index in [4.69, 9.17) is 17.3 Å². The van der Waals surface area contributed by atoms with E-state index in [1.54, 1.807) is 19.9 Å². The summed E-state index contributed by atoms with van der Waals surface area (Å²) >= 11 is 6.02. The maximum Gasteiger partial charge on any atom is 0.322 e. The number of carbonyl (C=O) groups excluding carboxylic acids is 1. The summed E-state index contributed by atoms with van der Waals surface area (Å²) in [5.74, 6) is -0.382. The largest absolute Gasteiger partial charge is 0.507 e. The summed E-state index contributed by atoms with van der Waals surface area (Å²) in [6.07, 6.45) is 0.200. The number of phenols is 1. The second kappa shape index (κ2) is 5.38. The summed E-state index contributed by atoms with van der Waals surface area (Å²) < 4.78 is 4.55. The normalized spacial score (nSPS) is 12.3. The predicted octanol–water partition coefficient (Wildman–Crippen LogP) is 1.71. The first-order valence-corrected chi connectivity index (χ1v) is 5.57. The van der Waals surface area contributed by atoms with Crippen LogP contribution in [0.15, 0.2) is 6.07 Å². The van der Waals surface area contributed by atoms with Crippen LogP contribution < -0.4 is 5.73 Å². The van der Waals surface area contributed by atoms with Crippen molar-refractivity contribution in [2.45, 2.75) is 26.3 Å². The number of halogens is 1. The van der Waals surface area contributed by atoms with Crippen molar-refractivity contribution < 1.29 is 14.6 Å². The number of aromatic hydroxyl groups is 1. The number of ether oxygens (including phenoxy) is 1. The van der Waals surface area contributed by atoms with E-state index in [-0.39, 0.29) is 12.2 Å². The summed E-state index contributed by atoms with van der Waals surface area (Å²) in [6, 6.07) is 0.877. The van der Waals surface area contributed by atoms with Gasteiger partial charge >= 0.3 is 5.97 Å². The quantitative estimate of drug-likeness (QED) is 0.809. The third-order valence-electron chi connectivity index (χ3n) is 2.74. The van der Waals surface area contributed by atoms with Crippen molar-refractivity contribution in [2.75, 3.05) is 7.11 Å². The van der Waals surface area contributed by atoms with E-state index in [1.807, 2.05) is 0 Å². The lowest BCUT2D eigenvalue weighted by molar-refractivity contribution is -0.142. The van der Waals surface area contributed by atoms with Crippen LogP contribution in [0.3, 0.4) is 0 Å². The fourth-order valence-corrected chi connectivity index (χ4v) is 1.91. The molecule has 4 nitrogen and oxygen atoms in total. The van der Waals surface area contributed by atoms with Crippen LogP contribution in [-0.2, 0) is 16.0 Å². The summed E-state index contributed by atoms with van der Waals surface area (Å²) in [6.45, 7) is 3.52. The fourth-order valence-electron chi connectivity index (χ4n) is 1.63. The van der Waals surface area contributed by atoms with Crippen LogP contribution in [0.2, 0.25) is 5.02 Å². The second-order valence-corrected chi connectivity index (χ2v) is 4.37. The monoisotopic (exact) mass is 257 g/mol. The third-order valence-corrected chi connectivity index (χ3v) is 3.13. The Hall–Kier alpha value is -1.26. The van der Waals surface area contributed by atoms with Crippen molar-refractivity contribution in [1.29, 1.82) is 0 Å². The van der Waals surface area contributed by atoms with Gasteiger partial charge in [-0.25, -0.2) is 0 Å². The SMILES string of the molecule is COC(=O)C(N)Cc1c(C)c(Cl)cc(C)c1O. The summed E-state index contributed by atoms with van der Waals surface area (Å²) in [7, 11) is 1.28. The van der Waals surface area contributed by atoms with Crippen LogP contribution in [-0.4, -0.2) is 24.2 Å². The van der Waals surface area contributed by atoms with Gasteiger partial charge in [-0.15, -0.1) is 0 Å². The maximum atomic E-state index is 11.2. The Morgan fingerprint density at radius 3 is 2.71 bits per heavy atom. The molecular weight excluding hydrogens is 242 g/mol. The first kappa shape index (κ1) is 13.8.